The Kier molecular flexibility index (Phi) is 4.12. The Morgan fingerprint density at radius 3 is 1.92 bits per heavy atom. The molecule has 2 aromatic rings. The van der Waals surface area contributed by atoms with Gasteiger partial charge in [-0.05, 0) is 24.0 Å². The zero-order valence-corrected chi connectivity index (χ0v) is 16.7. The van der Waals surface area contributed by atoms with Gasteiger partial charge in [-0.3, -0.25) is 0 Å². The van der Waals surface area contributed by atoms with Gasteiger partial charge in [0.1, 0.15) is 0 Å². The zero-order valence-electron chi connectivity index (χ0n) is 12.1. The van der Waals surface area contributed by atoms with Crippen LogP contribution in [0.4, 0.5) is 0 Å². The fourth-order valence-corrected chi connectivity index (χ4v) is 6.01. The lowest BCUT2D eigenvalue weighted by Gasteiger charge is -2.41. The summed E-state index contributed by atoms with van der Waals surface area (Å²) in [7, 11) is 0. The van der Waals surface area contributed by atoms with E-state index < -0.39 is 8.67 Å². The predicted octanol–water partition coefficient (Wildman–Crippen LogP) is 8.07. The third-order valence-electron chi connectivity index (χ3n) is 4.60. The Morgan fingerprint density at radius 2 is 1.33 bits per heavy atom. The van der Waals surface area contributed by atoms with Gasteiger partial charge in [-0.2, -0.15) is 0 Å². The lowest BCUT2D eigenvalue weighted by atomic mass is 9.79. The molecule has 4 rings (SSSR count). The molecule has 2 aliphatic carbocycles. The van der Waals surface area contributed by atoms with Crippen LogP contribution in [0.1, 0.15) is 24.0 Å². The molecule has 0 nitrogen and oxygen atoms in total. The van der Waals surface area contributed by atoms with Crippen LogP contribution in [0.5, 0.6) is 0 Å². The molecule has 0 aliphatic heterocycles. The molecule has 0 spiro atoms. The Morgan fingerprint density at radius 1 is 0.792 bits per heavy atom. The minimum atomic E-state index is -1.36. The molecule has 0 fully saturated rings. The second kappa shape index (κ2) is 5.71. The summed E-state index contributed by atoms with van der Waals surface area (Å²) >= 11 is 40.5. The molecular formula is C18H10Cl6. The number of fused-ring (bicyclic) bond motifs is 2. The summed E-state index contributed by atoms with van der Waals surface area (Å²) in [6, 6.07) is 7.51. The Balaban J connectivity index is 2.21. The van der Waals surface area contributed by atoms with E-state index in [9.17, 15) is 0 Å². The van der Waals surface area contributed by atoms with Gasteiger partial charge in [0.15, 0.2) is 8.67 Å². The molecule has 0 radical (unpaired) electrons. The molecule has 0 heterocycles. The molecule has 0 N–H and O–H groups in total. The predicted molar refractivity (Wildman–Crippen MR) is 106 cm³/mol. The molecule has 0 saturated carbocycles. The average molecular weight is 439 g/mol. The van der Waals surface area contributed by atoms with Crippen LogP contribution in [0.15, 0.2) is 47.6 Å². The van der Waals surface area contributed by atoms with Crippen molar-refractivity contribution in [2.75, 3.05) is 0 Å². The first-order chi connectivity index (χ1) is 11.3. The van der Waals surface area contributed by atoms with Crippen LogP contribution in [-0.4, -0.2) is 0 Å². The Labute approximate surface area is 169 Å². The van der Waals surface area contributed by atoms with Crippen molar-refractivity contribution in [3.05, 3.63) is 68.7 Å². The molecule has 0 atom stereocenters. The number of benzene rings is 2. The van der Waals surface area contributed by atoms with E-state index in [2.05, 4.69) is 0 Å². The number of hydrogen-bond acceptors (Lipinski definition) is 0. The molecule has 2 aliphatic rings. The standard InChI is InChI=1S/C18H10Cl6/c19-15-9-5-1-2-6-10(9)16(20)14-13(15)17(21,22)11-7-3-4-8-12(11)18(14,23)24/h1-3,5-7H,4,8H2. The summed E-state index contributed by atoms with van der Waals surface area (Å²) < 4.78 is -2.69. The summed E-state index contributed by atoms with van der Waals surface area (Å²) in [4.78, 5) is 0. The largest absolute Gasteiger partial charge is 0.170 e. The van der Waals surface area contributed by atoms with Crippen LogP contribution in [0.3, 0.4) is 0 Å². The number of halogens is 6. The van der Waals surface area contributed by atoms with Crippen LogP contribution >= 0.6 is 69.6 Å². The van der Waals surface area contributed by atoms with Gasteiger partial charge in [0, 0.05) is 21.9 Å². The molecule has 0 aromatic heterocycles. The maximum atomic E-state index is 6.79. The molecule has 124 valence electrons. The molecule has 0 bridgehead atoms. The van der Waals surface area contributed by atoms with E-state index in [0.717, 1.165) is 22.8 Å². The molecule has 0 saturated heterocycles. The first-order valence-corrected chi connectivity index (χ1v) is 9.61. The highest BCUT2D eigenvalue weighted by Crippen LogP contribution is 2.63. The highest BCUT2D eigenvalue weighted by Gasteiger charge is 2.51. The molecule has 0 unspecified atom stereocenters. The van der Waals surface area contributed by atoms with E-state index in [0.29, 0.717) is 33.2 Å². The Hall–Kier alpha value is -0.0800. The van der Waals surface area contributed by atoms with Gasteiger partial charge >= 0.3 is 0 Å². The zero-order chi connectivity index (χ0) is 17.3. The van der Waals surface area contributed by atoms with Crippen molar-refractivity contribution in [2.45, 2.75) is 21.5 Å². The van der Waals surface area contributed by atoms with Crippen molar-refractivity contribution in [1.82, 2.24) is 0 Å². The van der Waals surface area contributed by atoms with E-state index >= 15 is 0 Å². The van der Waals surface area contributed by atoms with Crippen molar-refractivity contribution < 1.29 is 0 Å². The van der Waals surface area contributed by atoms with Gasteiger partial charge < -0.3 is 0 Å². The second-order valence-corrected chi connectivity index (χ2v) is 9.32. The highest BCUT2D eigenvalue weighted by molar-refractivity contribution is 6.57. The summed E-state index contributed by atoms with van der Waals surface area (Å²) in [6.45, 7) is 0. The normalized spacial score (nSPS) is 20.9. The quantitative estimate of drug-likeness (QED) is 0.365. The first-order valence-electron chi connectivity index (χ1n) is 7.35. The molecule has 2 aromatic carbocycles. The molecule has 0 amide bonds. The van der Waals surface area contributed by atoms with Crippen molar-refractivity contribution in [3.8, 4) is 0 Å². The summed E-state index contributed by atoms with van der Waals surface area (Å²) in [6.07, 6.45) is 5.36. The minimum absolute atomic E-state index is 0.422. The number of alkyl halides is 4. The third kappa shape index (κ3) is 2.21. The van der Waals surface area contributed by atoms with Crippen LogP contribution < -0.4 is 0 Å². The van der Waals surface area contributed by atoms with E-state index in [1.54, 1.807) is 0 Å². The lowest BCUT2D eigenvalue weighted by Crippen LogP contribution is -2.33. The van der Waals surface area contributed by atoms with Crippen LogP contribution in [0, 0.1) is 0 Å². The van der Waals surface area contributed by atoms with Crippen LogP contribution in [0.2, 0.25) is 10.0 Å². The fraction of sp³-hybridized carbons (Fsp3) is 0.222. The molecular weight excluding hydrogens is 429 g/mol. The van der Waals surface area contributed by atoms with Crippen LogP contribution in [-0.2, 0) is 8.67 Å². The molecule has 24 heavy (non-hydrogen) atoms. The minimum Gasteiger partial charge on any atom is -0.0912 e. The fourth-order valence-electron chi connectivity index (χ4n) is 3.51. The first kappa shape index (κ1) is 17.3. The number of allylic oxidation sites excluding steroid dienone is 4. The van der Waals surface area contributed by atoms with E-state index in [1.807, 2.05) is 36.4 Å². The van der Waals surface area contributed by atoms with Gasteiger partial charge in [0.2, 0.25) is 0 Å². The maximum absolute atomic E-state index is 6.79. The summed E-state index contributed by atoms with van der Waals surface area (Å²) in [5.74, 6) is 0. The third-order valence-corrected chi connectivity index (χ3v) is 7.01. The van der Waals surface area contributed by atoms with Gasteiger partial charge in [-0.15, -0.1) is 0 Å². The van der Waals surface area contributed by atoms with Crippen LogP contribution in [0.25, 0.3) is 10.8 Å². The number of hydrogen-bond donors (Lipinski definition) is 0. The van der Waals surface area contributed by atoms with E-state index in [1.165, 1.54) is 0 Å². The van der Waals surface area contributed by atoms with E-state index in [4.69, 9.17) is 69.6 Å². The summed E-state index contributed by atoms with van der Waals surface area (Å²) in [5.41, 5.74) is 2.41. The topological polar surface area (TPSA) is 0 Å². The van der Waals surface area contributed by atoms with Crippen molar-refractivity contribution in [2.24, 2.45) is 0 Å². The Bertz CT molecular complexity index is 936. The van der Waals surface area contributed by atoms with Gasteiger partial charge in [-0.25, -0.2) is 0 Å². The van der Waals surface area contributed by atoms with Gasteiger partial charge in [0.25, 0.3) is 0 Å². The summed E-state index contributed by atoms with van der Waals surface area (Å²) in [5, 5.41) is 2.39. The van der Waals surface area contributed by atoms with E-state index in [-0.39, 0.29) is 0 Å². The van der Waals surface area contributed by atoms with Crippen molar-refractivity contribution in [3.63, 3.8) is 0 Å². The van der Waals surface area contributed by atoms with Gasteiger partial charge in [0.05, 0.1) is 10.0 Å². The lowest BCUT2D eigenvalue weighted by molar-refractivity contribution is 0.762. The van der Waals surface area contributed by atoms with Crippen molar-refractivity contribution >= 4 is 80.4 Å². The molecule has 6 heteroatoms. The van der Waals surface area contributed by atoms with Crippen molar-refractivity contribution in [1.29, 1.82) is 0 Å². The monoisotopic (exact) mass is 436 g/mol. The maximum Gasteiger partial charge on any atom is 0.170 e. The number of rotatable bonds is 0. The SMILES string of the molecule is Clc1c2c(c(Cl)c3ccccc13)C(Cl)(Cl)C1=C(C=CCC1)C2(Cl)Cl. The average Bonchev–Trinajstić information content (AvgIpc) is 2.56. The second-order valence-electron chi connectivity index (χ2n) is 5.91. The highest BCUT2D eigenvalue weighted by atomic mass is 35.5. The van der Waals surface area contributed by atoms with Gasteiger partial charge in [-0.1, -0.05) is 106 Å². The smallest absolute Gasteiger partial charge is 0.0912 e.